The third kappa shape index (κ3) is 1.35. The first-order valence-corrected chi connectivity index (χ1v) is 4.93. The highest BCUT2D eigenvalue weighted by molar-refractivity contribution is 6.00. The van der Waals surface area contributed by atoms with Crippen LogP contribution in [0.2, 0.25) is 0 Å². The van der Waals surface area contributed by atoms with Gasteiger partial charge in [-0.15, -0.1) is 0 Å². The molecule has 2 rings (SSSR count). The van der Waals surface area contributed by atoms with Crippen LogP contribution in [0.5, 0.6) is 0 Å². The van der Waals surface area contributed by atoms with E-state index in [-0.39, 0.29) is 11.6 Å². The van der Waals surface area contributed by atoms with Crippen LogP contribution in [0.25, 0.3) is 0 Å². The largest absolute Gasteiger partial charge is 0.294 e. The van der Waals surface area contributed by atoms with E-state index in [2.05, 4.69) is 0 Å². The molecule has 1 nitrogen and oxygen atoms in total. The second kappa shape index (κ2) is 3.19. The monoisotopic (exact) mass is 192 g/mol. The van der Waals surface area contributed by atoms with E-state index in [9.17, 15) is 9.18 Å². The molecule has 1 atom stereocenters. The summed E-state index contributed by atoms with van der Waals surface area (Å²) in [6.45, 7) is 3.85. The molecule has 1 unspecified atom stereocenters. The molecule has 0 aromatic heterocycles. The molecule has 0 heterocycles. The van der Waals surface area contributed by atoms with E-state index in [1.807, 2.05) is 6.92 Å². The average Bonchev–Trinajstić information content (AvgIpc) is 2.10. The molecule has 1 aliphatic rings. The number of aryl methyl sites for hydroxylation is 1. The fourth-order valence-electron chi connectivity index (χ4n) is 2.17. The average molecular weight is 192 g/mol. The quantitative estimate of drug-likeness (QED) is 0.616. The summed E-state index contributed by atoms with van der Waals surface area (Å²) in [4.78, 5) is 11.6. The maximum Gasteiger partial charge on any atom is 0.163 e. The first-order chi connectivity index (χ1) is 6.59. The van der Waals surface area contributed by atoms with Crippen LogP contribution in [0.15, 0.2) is 12.1 Å². The summed E-state index contributed by atoms with van der Waals surface area (Å²) < 4.78 is 13.1. The third-order valence-electron chi connectivity index (χ3n) is 2.94. The number of hydrogen-bond acceptors (Lipinski definition) is 1. The summed E-state index contributed by atoms with van der Waals surface area (Å²) >= 11 is 0. The fourth-order valence-corrected chi connectivity index (χ4v) is 2.17. The van der Waals surface area contributed by atoms with Crippen molar-refractivity contribution in [2.24, 2.45) is 0 Å². The SMILES string of the molecule is Cc1cc(F)cc2c1C(=O)CCC2C. The summed E-state index contributed by atoms with van der Waals surface area (Å²) in [5.41, 5.74) is 2.42. The van der Waals surface area contributed by atoms with E-state index in [4.69, 9.17) is 0 Å². The van der Waals surface area contributed by atoms with Gasteiger partial charge in [-0.25, -0.2) is 4.39 Å². The van der Waals surface area contributed by atoms with Crippen LogP contribution in [-0.2, 0) is 0 Å². The summed E-state index contributed by atoms with van der Waals surface area (Å²) in [7, 11) is 0. The molecule has 0 bridgehead atoms. The minimum atomic E-state index is -0.234. The Kier molecular flexibility index (Phi) is 2.14. The Hall–Kier alpha value is -1.18. The van der Waals surface area contributed by atoms with E-state index in [1.54, 1.807) is 6.92 Å². The number of carbonyl (C=O) groups is 1. The predicted molar refractivity (Wildman–Crippen MR) is 53.1 cm³/mol. The van der Waals surface area contributed by atoms with Gasteiger partial charge < -0.3 is 0 Å². The number of halogens is 1. The van der Waals surface area contributed by atoms with Crippen LogP contribution < -0.4 is 0 Å². The molecule has 0 fully saturated rings. The first-order valence-electron chi connectivity index (χ1n) is 4.93. The Morgan fingerprint density at radius 1 is 1.43 bits per heavy atom. The van der Waals surface area contributed by atoms with E-state index in [0.717, 1.165) is 23.1 Å². The molecular formula is C12H13FO. The van der Waals surface area contributed by atoms with Crippen LogP contribution in [0.3, 0.4) is 0 Å². The normalized spacial score (nSPS) is 20.8. The van der Waals surface area contributed by atoms with Crippen LogP contribution >= 0.6 is 0 Å². The van der Waals surface area contributed by atoms with Gasteiger partial charge in [-0.3, -0.25) is 4.79 Å². The lowest BCUT2D eigenvalue weighted by molar-refractivity contribution is 0.0967. The standard InChI is InChI=1S/C12H13FO/c1-7-3-4-11(14)12-8(2)5-9(13)6-10(7)12/h5-7H,3-4H2,1-2H3. The molecule has 0 aliphatic heterocycles. The highest BCUT2D eigenvalue weighted by atomic mass is 19.1. The Labute approximate surface area is 82.9 Å². The number of benzene rings is 1. The number of ketones is 1. The Bertz CT molecular complexity index is 396. The number of fused-ring (bicyclic) bond motifs is 1. The highest BCUT2D eigenvalue weighted by Gasteiger charge is 2.24. The van der Waals surface area contributed by atoms with Crippen molar-refractivity contribution in [1.29, 1.82) is 0 Å². The molecule has 1 aromatic carbocycles. The molecule has 74 valence electrons. The second-order valence-corrected chi connectivity index (χ2v) is 4.05. The molecule has 0 spiro atoms. The zero-order chi connectivity index (χ0) is 10.3. The zero-order valence-corrected chi connectivity index (χ0v) is 8.43. The maximum absolute atomic E-state index is 13.1. The van der Waals surface area contributed by atoms with Crippen molar-refractivity contribution >= 4 is 5.78 Å². The van der Waals surface area contributed by atoms with Gasteiger partial charge in [-0.2, -0.15) is 0 Å². The summed E-state index contributed by atoms with van der Waals surface area (Å²) in [5, 5.41) is 0. The van der Waals surface area contributed by atoms with Crippen molar-refractivity contribution in [2.45, 2.75) is 32.6 Å². The zero-order valence-electron chi connectivity index (χ0n) is 8.43. The van der Waals surface area contributed by atoms with Gasteiger partial charge in [0.25, 0.3) is 0 Å². The molecule has 1 aromatic rings. The topological polar surface area (TPSA) is 17.1 Å². The molecule has 0 saturated heterocycles. The van der Waals surface area contributed by atoms with Crippen molar-refractivity contribution in [3.05, 3.63) is 34.6 Å². The molecule has 0 radical (unpaired) electrons. The number of carbonyl (C=O) groups excluding carboxylic acids is 1. The first kappa shape index (κ1) is 9.38. The third-order valence-corrected chi connectivity index (χ3v) is 2.94. The van der Waals surface area contributed by atoms with Crippen LogP contribution in [0, 0.1) is 12.7 Å². The lowest BCUT2D eigenvalue weighted by Gasteiger charge is -2.22. The predicted octanol–water partition coefficient (Wildman–Crippen LogP) is 3.21. The van der Waals surface area contributed by atoms with Crippen molar-refractivity contribution in [2.75, 3.05) is 0 Å². The van der Waals surface area contributed by atoms with Crippen molar-refractivity contribution in [3.8, 4) is 0 Å². The summed E-state index contributed by atoms with van der Waals surface area (Å²) in [5.74, 6) is 0.232. The van der Waals surface area contributed by atoms with Gasteiger partial charge in [-0.05, 0) is 42.5 Å². The van der Waals surface area contributed by atoms with E-state index in [0.29, 0.717) is 12.3 Å². The molecule has 14 heavy (non-hydrogen) atoms. The van der Waals surface area contributed by atoms with Gasteiger partial charge in [0, 0.05) is 12.0 Å². The second-order valence-electron chi connectivity index (χ2n) is 4.05. The Morgan fingerprint density at radius 3 is 2.86 bits per heavy atom. The minimum absolute atomic E-state index is 0.163. The Morgan fingerprint density at radius 2 is 2.14 bits per heavy atom. The van der Waals surface area contributed by atoms with Crippen molar-refractivity contribution in [3.63, 3.8) is 0 Å². The lowest BCUT2D eigenvalue weighted by atomic mass is 9.81. The van der Waals surface area contributed by atoms with E-state index < -0.39 is 0 Å². The van der Waals surface area contributed by atoms with Crippen LogP contribution in [-0.4, -0.2) is 5.78 Å². The van der Waals surface area contributed by atoms with Gasteiger partial charge in [0.1, 0.15) is 5.82 Å². The molecule has 2 heteroatoms. The lowest BCUT2D eigenvalue weighted by Crippen LogP contribution is -2.15. The van der Waals surface area contributed by atoms with Crippen molar-refractivity contribution in [1.82, 2.24) is 0 Å². The van der Waals surface area contributed by atoms with Gasteiger partial charge in [0.05, 0.1) is 0 Å². The van der Waals surface area contributed by atoms with E-state index >= 15 is 0 Å². The maximum atomic E-state index is 13.1. The molecule has 1 aliphatic carbocycles. The number of Topliss-reactive ketones (excluding diaryl/α,β-unsaturated/α-hetero) is 1. The van der Waals surface area contributed by atoms with Gasteiger partial charge in [0.15, 0.2) is 5.78 Å². The fraction of sp³-hybridized carbons (Fsp3) is 0.417. The molecular weight excluding hydrogens is 179 g/mol. The van der Waals surface area contributed by atoms with Gasteiger partial charge >= 0.3 is 0 Å². The summed E-state index contributed by atoms with van der Waals surface area (Å²) in [6, 6.07) is 2.94. The summed E-state index contributed by atoms with van der Waals surface area (Å²) in [6.07, 6.45) is 1.44. The van der Waals surface area contributed by atoms with E-state index in [1.165, 1.54) is 12.1 Å². The molecule has 0 saturated carbocycles. The number of rotatable bonds is 0. The Balaban J connectivity index is 2.66. The van der Waals surface area contributed by atoms with Crippen LogP contribution in [0.4, 0.5) is 4.39 Å². The highest BCUT2D eigenvalue weighted by Crippen LogP contribution is 2.33. The molecule has 0 N–H and O–H groups in total. The number of hydrogen-bond donors (Lipinski definition) is 0. The van der Waals surface area contributed by atoms with Crippen molar-refractivity contribution < 1.29 is 9.18 Å². The van der Waals surface area contributed by atoms with Gasteiger partial charge in [-0.1, -0.05) is 6.92 Å². The van der Waals surface area contributed by atoms with Gasteiger partial charge in [0.2, 0.25) is 0 Å². The minimum Gasteiger partial charge on any atom is -0.294 e. The smallest absolute Gasteiger partial charge is 0.163 e. The van der Waals surface area contributed by atoms with Crippen LogP contribution in [0.1, 0.15) is 47.2 Å². The molecule has 0 amide bonds.